The fraction of sp³-hybridized carbons (Fsp3) is 0.375. The van der Waals surface area contributed by atoms with Crippen LogP contribution in [0.3, 0.4) is 0 Å². The minimum absolute atomic E-state index is 0.301. The highest BCUT2D eigenvalue weighted by Gasteiger charge is 2.30. The summed E-state index contributed by atoms with van der Waals surface area (Å²) < 4.78 is 7.38. The molecule has 2 aromatic rings. The van der Waals surface area contributed by atoms with Crippen LogP contribution in [0.5, 0.6) is 0 Å². The summed E-state index contributed by atoms with van der Waals surface area (Å²) in [6, 6.07) is 0. The molecule has 0 bridgehead atoms. The highest BCUT2D eigenvalue weighted by atomic mass is 32.1. The predicted octanol–water partition coefficient (Wildman–Crippen LogP) is 1.78. The Morgan fingerprint density at radius 1 is 1.75 bits per heavy atom. The summed E-state index contributed by atoms with van der Waals surface area (Å²) in [5, 5.41) is 2.05. The molecule has 3 rings (SSSR count). The average Bonchev–Trinajstić information content (AvgIpc) is 2.66. The average molecular weight is 180 g/mol. The molecule has 0 aromatic carbocycles. The Bertz CT molecular complexity index is 427. The van der Waals surface area contributed by atoms with Crippen LogP contribution in [-0.4, -0.2) is 16.0 Å². The maximum Gasteiger partial charge on any atom is 0.194 e. The van der Waals surface area contributed by atoms with E-state index in [9.17, 15) is 0 Å². The van der Waals surface area contributed by atoms with Crippen LogP contribution in [0, 0.1) is 6.92 Å². The number of nitrogens with zero attached hydrogens (tertiary/aromatic N) is 2. The van der Waals surface area contributed by atoms with Gasteiger partial charge >= 0.3 is 0 Å². The van der Waals surface area contributed by atoms with E-state index in [1.54, 1.807) is 11.3 Å². The van der Waals surface area contributed by atoms with Gasteiger partial charge in [-0.05, 0) is 6.92 Å². The number of hydrogen-bond donors (Lipinski definition) is 0. The first-order valence-electron chi connectivity index (χ1n) is 3.90. The van der Waals surface area contributed by atoms with Crippen molar-refractivity contribution in [3.63, 3.8) is 0 Å². The first-order chi connectivity index (χ1) is 5.86. The van der Waals surface area contributed by atoms with E-state index in [2.05, 4.69) is 15.6 Å². The fourth-order valence-electron chi connectivity index (χ4n) is 1.51. The summed E-state index contributed by atoms with van der Waals surface area (Å²) in [5.74, 6) is 0. The van der Waals surface area contributed by atoms with Gasteiger partial charge in [-0.25, -0.2) is 4.98 Å². The van der Waals surface area contributed by atoms with Crippen molar-refractivity contribution in [2.45, 2.75) is 13.0 Å². The molecule has 62 valence electrons. The largest absolute Gasteiger partial charge is 0.366 e. The lowest BCUT2D eigenvalue weighted by atomic mass is 10.3. The second-order valence-corrected chi connectivity index (χ2v) is 3.83. The van der Waals surface area contributed by atoms with Crippen LogP contribution in [0.15, 0.2) is 11.6 Å². The fourth-order valence-corrected chi connectivity index (χ4v) is 2.27. The highest BCUT2D eigenvalue weighted by molar-refractivity contribution is 7.15. The topological polar surface area (TPSA) is 29.8 Å². The molecular formula is C8H8N2OS. The van der Waals surface area contributed by atoms with Crippen molar-refractivity contribution in [3.05, 3.63) is 23.0 Å². The van der Waals surface area contributed by atoms with Gasteiger partial charge in [-0.1, -0.05) is 0 Å². The maximum atomic E-state index is 5.26. The van der Waals surface area contributed by atoms with Crippen molar-refractivity contribution >= 4 is 16.3 Å². The molecule has 1 aliphatic heterocycles. The molecule has 0 amide bonds. The Morgan fingerprint density at radius 2 is 2.58 bits per heavy atom. The molecule has 12 heavy (non-hydrogen) atoms. The van der Waals surface area contributed by atoms with Crippen LogP contribution in [-0.2, 0) is 4.74 Å². The van der Waals surface area contributed by atoms with E-state index in [0.29, 0.717) is 6.10 Å². The number of fused-ring (bicyclic) bond motifs is 1. The number of hydrogen-bond acceptors (Lipinski definition) is 3. The maximum absolute atomic E-state index is 5.26. The molecule has 1 aliphatic rings. The van der Waals surface area contributed by atoms with E-state index in [4.69, 9.17) is 4.74 Å². The standard InChI is InChI=1S/C8H8N2OS/c1-5-7(6-4-11-6)10-2-3-12-8(10)9-5/h2-3,6H,4H2,1H3/t6-/m0/s1. The van der Waals surface area contributed by atoms with E-state index < -0.39 is 0 Å². The van der Waals surface area contributed by atoms with Gasteiger partial charge in [-0.15, -0.1) is 11.3 Å². The first kappa shape index (κ1) is 6.62. The van der Waals surface area contributed by atoms with Crippen LogP contribution in [0.25, 0.3) is 4.96 Å². The van der Waals surface area contributed by atoms with Crippen molar-refractivity contribution in [2.24, 2.45) is 0 Å². The number of aryl methyl sites for hydroxylation is 1. The van der Waals surface area contributed by atoms with Gasteiger partial charge < -0.3 is 4.74 Å². The molecule has 1 saturated heterocycles. The van der Waals surface area contributed by atoms with E-state index >= 15 is 0 Å². The van der Waals surface area contributed by atoms with Gasteiger partial charge in [0.15, 0.2) is 4.96 Å². The van der Waals surface area contributed by atoms with Crippen molar-refractivity contribution < 1.29 is 4.74 Å². The zero-order valence-corrected chi connectivity index (χ0v) is 7.47. The molecule has 1 atom stereocenters. The Kier molecular flexibility index (Phi) is 1.15. The van der Waals surface area contributed by atoms with E-state index in [0.717, 1.165) is 17.3 Å². The molecule has 0 N–H and O–H groups in total. The second-order valence-electron chi connectivity index (χ2n) is 2.96. The van der Waals surface area contributed by atoms with Crippen molar-refractivity contribution in [1.29, 1.82) is 0 Å². The molecule has 0 saturated carbocycles. The Balaban J connectivity index is 2.34. The van der Waals surface area contributed by atoms with Gasteiger partial charge in [0, 0.05) is 11.6 Å². The number of aromatic nitrogens is 2. The zero-order chi connectivity index (χ0) is 8.13. The lowest BCUT2D eigenvalue weighted by Gasteiger charge is -1.92. The molecule has 0 radical (unpaired) electrons. The lowest BCUT2D eigenvalue weighted by Crippen LogP contribution is -1.89. The molecular weight excluding hydrogens is 172 g/mol. The van der Waals surface area contributed by atoms with Gasteiger partial charge in [0.25, 0.3) is 0 Å². The van der Waals surface area contributed by atoms with Gasteiger partial charge in [0.1, 0.15) is 6.10 Å². The summed E-state index contributed by atoms with van der Waals surface area (Å²) in [6.45, 7) is 2.89. The van der Waals surface area contributed by atoms with Crippen LogP contribution in [0.4, 0.5) is 0 Å². The Morgan fingerprint density at radius 3 is 3.33 bits per heavy atom. The third-order valence-corrected chi connectivity index (χ3v) is 2.88. The molecule has 1 fully saturated rings. The normalized spacial score (nSPS) is 21.9. The van der Waals surface area contributed by atoms with E-state index in [1.807, 2.05) is 12.3 Å². The third-order valence-electron chi connectivity index (χ3n) is 2.12. The molecule has 2 aromatic heterocycles. The SMILES string of the molecule is Cc1nc2sccn2c1[C@@H]1CO1. The number of imidazole rings is 1. The summed E-state index contributed by atoms with van der Waals surface area (Å²) in [6.07, 6.45) is 2.35. The summed E-state index contributed by atoms with van der Waals surface area (Å²) >= 11 is 1.66. The smallest absolute Gasteiger partial charge is 0.194 e. The van der Waals surface area contributed by atoms with E-state index in [-0.39, 0.29) is 0 Å². The number of ether oxygens (including phenoxy) is 1. The van der Waals surface area contributed by atoms with Crippen LogP contribution in [0.2, 0.25) is 0 Å². The van der Waals surface area contributed by atoms with Gasteiger partial charge in [0.2, 0.25) is 0 Å². The van der Waals surface area contributed by atoms with Crippen LogP contribution < -0.4 is 0 Å². The zero-order valence-electron chi connectivity index (χ0n) is 6.65. The second kappa shape index (κ2) is 2.08. The molecule has 0 spiro atoms. The minimum atomic E-state index is 0.301. The van der Waals surface area contributed by atoms with Crippen LogP contribution in [0.1, 0.15) is 17.5 Å². The molecule has 3 heterocycles. The van der Waals surface area contributed by atoms with Crippen LogP contribution >= 0.6 is 11.3 Å². The molecule has 0 unspecified atom stereocenters. The quantitative estimate of drug-likeness (QED) is 0.626. The monoisotopic (exact) mass is 180 g/mol. The number of thiazole rings is 1. The van der Waals surface area contributed by atoms with Crippen molar-refractivity contribution in [2.75, 3.05) is 6.61 Å². The summed E-state index contributed by atoms with van der Waals surface area (Å²) in [4.78, 5) is 5.50. The molecule has 4 heteroatoms. The Labute approximate surface area is 73.6 Å². The van der Waals surface area contributed by atoms with Crippen molar-refractivity contribution in [1.82, 2.24) is 9.38 Å². The summed E-state index contributed by atoms with van der Waals surface area (Å²) in [7, 11) is 0. The van der Waals surface area contributed by atoms with Gasteiger partial charge in [-0.3, -0.25) is 4.40 Å². The van der Waals surface area contributed by atoms with Gasteiger partial charge in [-0.2, -0.15) is 0 Å². The number of rotatable bonds is 1. The van der Waals surface area contributed by atoms with Crippen molar-refractivity contribution in [3.8, 4) is 0 Å². The summed E-state index contributed by atoms with van der Waals surface area (Å²) in [5.41, 5.74) is 2.33. The highest BCUT2D eigenvalue weighted by Crippen LogP contribution is 2.33. The third kappa shape index (κ3) is 0.763. The predicted molar refractivity (Wildman–Crippen MR) is 46.5 cm³/mol. The molecule has 0 aliphatic carbocycles. The number of epoxide rings is 1. The van der Waals surface area contributed by atoms with Gasteiger partial charge in [0.05, 0.1) is 18.0 Å². The van der Waals surface area contributed by atoms with E-state index in [1.165, 1.54) is 5.69 Å². The Hall–Kier alpha value is -0.870. The minimum Gasteiger partial charge on any atom is -0.366 e. The molecule has 3 nitrogen and oxygen atoms in total. The first-order valence-corrected chi connectivity index (χ1v) is 4.78. The lowest BCUT2D eigenvalue weighted by molar-refractivity contribution is 0.409.